The van der Waals surface area contributed by atoms with Crippen molar-refractivity contribution in [1.82, 2.24) is 0 Å². The topological polar surface area (TPSA) is 0 Å². The van der Waals surface area contributed by atoms with Gasteiger partial charge in [-0.1, -0.05) is 77.3 Å². The van der Waals surface area contributed by atoms with Crippen molar-refractivity contribution in [2.75, 3.05) is 0 Å². The van der Waals surface area contributed by atoms with Gasteiger partial charge in [-0.2, -0.15) is 0 Å². The van der Waals surface area contributed by atoms with E-state index < -0.39 is 0 Å². The largest absolute Gasteiger partial charge is 0.129 e. The lowest BCUT2D eigenvalue weighted by molar-refractivity contribution is 0.574. The Morgan fingerprint density at radius 2 is 1.78 bits per heavy atom. The summed E-state index contributed by atoms with van der Waals surface area (Å²) in [6.07, 6.45) is 10.7. The molecule has 0 aromatic carbocycles. The first-order valence-corrected chi connectivity index (χ1v) is 7.33. The van der Waals surface area contributed by atoms with Crippen LogP contribution >= 0.6 is 0 Å². The molecule has 0 N–H and O–H groups in total. The summed E-state index contributed by atoms with van der Waals surface area (Å²) >= 11 is 0. The summed E-state index contributed by atoms with van der Waals surface area (Å²) in [7, 11) is 0. The van der Waals surface area contributed by atoms with E-state index in [9.17, 15) is 0 Å². The van der Waals surface area contributed by atoms with Gasteiger partial charge >= 0.3 is 0 Å². The molecule has 0 aliphatic rings. The molecule has 0 aliphatic heterocycles. The molecule has 0 bridgehead atoms. The van der Waals surface area contributed by atoms with Crippen LogP contribution in [0.1, 0.15) is 66.7 Å². The molecular weight excluding hydrogens is 216 g/mol. The summed E-state index contributed by atoms with van der Waals surface area (Å²) < 4.78 is 0. The van der Waals surface area contributed by atoms with Gasteiger partial charge in [0.05, 0.1) is 0 Å². The second kappa shape index (κ2) is 14.1. The minimum atomic E-state index is 0.493. The maximum atomic E-state index is 3.79. The summed E-state index contributed by atoms with van der Waals surface area (Å²) in [6, 6.07) is 0. The van der Waals surface area contributed by atoms with Gasteiger partial charge < -0.3 is 0 Å². The average molecular weight is 248 g/mol. The van der Waals surface area contributed by atoms with Gasteiger partial charge in [0.25, 0.3) is 0 Å². The maximum absolute atomic E-state index is 3.79. The molecule has 0 spiro atoms. The van der Waals surface area contributed by atoms with E-state index in [1.165, 1.54) is 43.3 Å². The first kappa shape index (κ1) is 19.3. The molecule has 0 amide bonds. The van der Waals surface area contributed by atoms with E-state index in [1.807, 2.05) is 19.9 Å². The molecule has 0 fully saturated rings. The Morgan fingerprint density at radius 3 is 2.22 bits per heavy atom. The third kappa shape index (κ3) is 10.2. The fraction of sp³-hybridized carbons (Fsp3) is 0.611. The van der Waals surface area contributed by atoms with Crippen LogP contribution in [0.5, 0.6) is 0 Å². The highest BCUT2D eigenvalue weighted by Gasteiger charge is 2.07. The van der Waals surface area contributed by atoms with Gasteiger partial charge in [-0.3, -0.25) is 0 Å². The predicted molar refractivity (Wildman–Crippen MR) is 85.9 cm³/mol. The average Bonchev–Trinajstić information content (AvgIpc) is 2.43. The van der Waals surface area contributed by atoms with E-state index in [0.717, 1.165) is 0 Å². The van der Waals surface area contributed by atoms with E-state index in [2.05, 4.69) is 45.7 Å². The zero-order valence-electron chi connectivity index (χ0n) is 13.2. The number of allylic oxidation sites excluding steroid dienone is 4. The van der Waals surface area contributed by atoms with E-state index in [-0.39, 0.29) is 0 Å². The number of hydrogen-bond donors (Lipinski definition) is 0. The van der Waals surface area contributed by atoms with Crippen LogP contribution in [0.3, 0.4) is 0 Å². The second-order valence-corrected chi connectivity index (χ2v) is 4.43. The lowest BCUT2D eigenvalue weighted by Crippen LogP contribution is -1.99. The first-order valence-electron chi connectivity index (χ1n) is 7.33. The summed E-state index contributed by atoms with van der Waals surface area (Å²) in [5.41, 5.74) is 5.52. The minimum Gasteiger partial charge on any atom is -0.129 e. The molecular formula is C18H32. The van der Waals surface area contributed by atoms with E-state index in [0.29, 0.717) is 5.92 Å². The Labute approximate surface area is 115 Å². The standard InChI is InChI=1S/C16H26.C2H6/c1-6-9-10-11-12-16(15(5)8-3)13-14(4)7-2;1-2/h7,13,16H,2-3,6,9-12H2,1,4-5H3;1-2H3/b14-13+;. The molecule has 0 radical (unpaired) electrons. The van der Waals surface area contributed by atoms with Gasteiger partial charge in [-0.05, 0) is 25.8 Å². The Kier molecular flexibility index (Phi) is 15.1. The molecule has 18 heavy (non-hydrogen) atoms. The van der Waals surface area contributed by atoms with Gasteiger partial charge in [0.2, 0.25) is 0 Å². The fourth-order valence-electron chi connectivity index (χ4n) is 1.73. The van der Waals surface area contributed by atoms with Crippen molar-refractivity contribution >= 4 is 0 Å². The van der Waals surface area contributed by atoms with Gasteiger partial charge in [0.15, 0.2) is 0 Å². The third-order valence-corrected chi connectivity index (χ3v) is 2.99. The zero-order chi connectivity index (χ0) is 14.4. The molecule has 0 heterocycles. The number of unbranched alkanes of at least 4 members (excludes halogenated alkanes) is 3. The van der Waals surface area contributed by atoms with Gasteiger partial charge in [-0.15, -0.1) is 5.73 Å². The van der Waals surface area contributed by atoms with Crippen molar-refractivity contribution in [3.63, 3.8) is 0 Å². The van der Waals surface area contributed by atoms with Crippen molar-refractivity contribution in [2.45, 2.75) is 66.7 Å². The smallest absolute Gasteiger partial charge is 0.00554 e. The Bertz CT molecular complexity index is 274. The Hall–Kier alpha value is -1.00. The molecule has 0 saturated heterocycles. The molecule has 0 heteroatoms. The highest BCUT2D eigenvalue weighted by molar-refractivity contribution is 5.19. The maximum Gasteiger partial charge on any atom is 0.00554 e. The van der Waals surface area contributed by atoms with Crippen LogP contribution in [0.25, 0.3) is 0 Å². The molecule has 0 saturated carbocycles. The van der Waals surface area contributed by atoms with Crippen LogP contribution in [-0.2, 0) is 0 Å². The van der Waals surface area contributed by atoms with Gasteiger partial charge in [-0.25, -0.2) is 0 Å². The zero-order valence-corrected chi connectivity index (χ0v) is 13.2. The van der Waals surface area contributed by atoms with Crippen LogP contribution in [-0.4, -0.2) is 0 Å². The fourth-order valence-corrected chi connectivity index (χ4v) is 1.73. The van der Waals surface area contributed by atoms with Crippen molar-refractivity contribution in [1.29, 1.82) is 0 Å². The molecule has 1 atom stereocenters. The summed E-state index contributed by atoms with van der Waals surface area (Å²) in [5.74, 6) is 0.493. The van der Waals surface area contributed by atoms with Gasteiger partial charge in [0.1, 0.15) is 0 Å². The van der Waals surface area contributed by atoms with Crippen LogP contribution in [0.4, 0.5) is 0 Å². The van der Waals surface area contributed by atoms with Crippen LogP contribution in [0, 0.1) is 5.92 Å². The quantitative estimate of drug-likeness (QED) is 0.262. The van der Waals surface area contributed by atoms with Crippen LogP contribution < -0.4 is 0 Å². The van der Waals surface area contributed by atoms with E-state index in [1.54, 1.807) is 0 Å². The molecule has 0 rings (SSSR count). The Balaban J connectivity index is 0. The van der Waals surface area contributed by atoms with E-state index in [4.69, 9.17) is 0 Å². The summed E-state index contributed by atoms with van der Waals surface area (Å²) in [5, 5.41) is 0. The van der Waals surface area contributed by atoms with Crippen molar-refractivity contribution < 1.29 is 0 Å². The molecule has 0 nitrogen and oxygen atoms in total. The summed E-state index contributed by atoms with van der Waals surface area (Å²) in [4.78, 5) is 0. The molecule has 104 valence electrons. The van der Waals surface area contributed by atoms with Crippen LogP contribution in [0.15, 0.2) is 42.2 Å². The molecule has 0 aromatic rings. The number of hydrogen-bond acceptors (Lipinski definition) is 0. The lowest BCUT2D eigenvalue weighted by atomic mass is 9.92. The highest BCUT2D eigenvalue weighted by atomic mass is 14.1. The van der Waals surface area contributed by atoms with Crippen molar-refractivity contribution in [3.05, 3.63) is 42.2 Å². The minimum absolute atomic E-state index is 0.493. The molecule has 0 aromatic heterocycles. The molecule has 0 aliphatic carbocycles. The summed E-state index contributed by atoms with van der Waals surface area (Å²) in [6.45, 7) is 18.0. The highest BCUT2D eigenvalue weighted by Crippen LogP contribution is 2.21. The molecule has 1 unspecified atom stereocenters. The van der Waals surface area contributed by atoms with Crippen molar-refractivity contribution in [3.8, 4) is 0 Å². The van der Waals surface area contributed by atoms with E-state index >= 15 is 0 Å². The Morgan fingerprint density at radius 1 is 1.17 bits per heavy atom. The SMILES string of the molecule is C=C=C(C)C(/C=C(\C)C=C)CCCCCC.CC. The second-order valence-electron chi connectivity index (χ2n) is 4.43. The number of rotatable bonds is 8. The first-order chi connectivity index (χ1) is 8.65. The normalized spacial score (nSPS) is 11.9. The lowest BCUT2D eigenvalue weighted by Gasteiger charge is -2.12. The van der Waals surface area contributed by atoms with Crippen molar-refractivity contribution in [2.24, 2.45) is 5.92 Å². The monoisotopic (exact) mass is 248 g/mol. The van der Waals surface area contributed by atoms with Crippen LogP contribution in [0.2, 0.25) is 0 Å². The third-order valence-electron chi connectivity index (χ3n) is 2.99. The van der Waals surface area contributed by atoms with Gasteiger partial charge in [0, 0.05) is 5.92 Å². The predicted octanol–water partition coefficient (Wildman–Crippen LogP) is 6.46.